The number of aliphatic hydroxyl groups is 1. The van der Waals surface area contributed by atoms with Crippen LogP contribution in [0.5, 0.6) is 0 Å². The molecular weight excluding hydrogens is 475 g/mol. The molecular formula is C29H27FN2O5. The van der Waals surface area contributed by atoms with E-state index in [4.69, 9.17) is 9.47 Å². The van der Waals surface area contributed by atoms with Gasteiger partial charge in [-0.15, -0.1) is 0 Å². The summed E-state index contributed by atoms with van der Waals surface area (Å²) in [5, 5.41) is 10.7. The molecule has 0 amide bonds. The highest BCUT2D eigenvalue weighted by Gasteiger charge is 2.47. The SMILES string of the molecule is Cc1cn([C@@H]2O[C@H](COC(c3ccccc3)(c3ccccc3)c3ccccc3)[C@H](O)[C@H]2F)c(=O)[nH]c1=O. The smallest absolute Gasteiger partial charge is 0.330 e. The van der Waals surface area contributed by atoms with Crippen molar-refractivity contribution in [2.75, 3.05) is 6.61 Å². The molecule has 37 heavy (non-hydrogen) atoms. The first-order valence-electron chi connectivity index (χ1n) is 12.0. The Bertz CT molecular complexity index is 1360. The lowest BCUT2D eigenvalue weighted by Crippen LogP contribution is -2.39. The van der Waals surface area contributed by atoms with E-state index in [1.807, 2.05) is 91.0 Å². The number of halogens is 1. The number of ether oxygens (including phenoxy) is 2. The Morgan fingerprint density at radius 1 is 0.919 bits per heavy atom. The maximum Gasteiger partial charge on any atom is 0.330 e. The second kappa shape index (κ2) is 10.3. The molecule has 5 rings (SSSR count). The van der Waals surface area contributed by atoms with Gasteiger partial charge in [0.15, 0.2) is 12.4 Å². The van der Waals surface area contributed by atoms with Gasteiger partial charge in [-0.1, -0.05) is 91.0 Å². The second-order valence-corrected chi connectivity index (χ2v) is 9.07. The van der Waals surface area contributed by atoms with E-state index in [0.29, 0.717) is 0 Å². The van der Waals surface area contributed by atoms with Crippen molar-refractivity contribution in [1.82, 2.24) is 9.55 Å². The summed E-state index contributed by atoms with van der Waals surface area (Å²) in [7, 11) is 0. The van der Waals surface area contributed by atoms with Crippen molar-refractivity contribution in [2.24, 2.45) is 0 Å². The van der Waals surface area contributed by atoms with Gasteiger partial charge in [0, 0.05) is 11.8 Å². The van der Waals surface area contributed by atoms with Crippen molar-refractivity contribution in [3.05, 3.63) is 140 Å². The highest BCUT2D eigenvalue weighted by atomic mass is 19.1. The fraction of sp³-hybridized carbons (Fsp3) is 0.241. The lowest BCUT2D eigenvalue weighted by atomic mass is 9.80. The molecule has 8 heteroatoms. The number of aromatic amines is 1. The molecule has 0 radical (unpaired) electrons. The van der Waals surface area contributed by atoms with Crippen LogP contribution in [0.25, 0.3) is 0 Å². The number of aryl methyl sites for hydroxylation is 1. The van der Waals surface area contributed by atoms with E-state index in [1.54, 1.807) is 0 Å². The Kier molecular flexibility index (Phi) is 6.88. The Labute approximate surface area is 212 Å². The summed E-state index contributed by atoms with van der Waals surface area (Å²) in [5.41, 5.74) is 0.308. The minimum atomic E-state index is -1.91. The maximum absolute atomic E-state index is 15.2. The molecule has 1 fully saturated rings. The zero-order valence-electron chi connectivity index (χ0n) is 20.2. The Hall–Kier alpha value is -3.85. The fourth-order valence-corrected chi connectivity index (χ4v) is 4.82. The van der Waals surface area contributed by atoms with Crippen LogP contribution in [-0.4, -0.2) is 39.6 Å². The Morgan fingerprint density at radius 2 is 1.41 bits per heavy atom. The van der Waals surface area contributed by atoms with Gasteiger partial charge < -0.3 is 14.6 Å². The summed E-state index contributed by atoms with van der Waals surface area (Å²) < 4.78 is 28.7. The van der Waals surface area contributed by atoms with E-state index < -0.39 is 41.5 Å². The highest BCUT2D eigenvalue weighted by molar-refractivity contribution is 5.47. The number of alkyl halides is 1. The summed E-state index contributed by atoms with van der Waals surface area (Å²) in [6.07, 6.45) is -4.71. The third-order valence-electron chi connectivity index (χ3n) is 6.72. The van der Waals surface area contributed by atoms with Gasteiger partial charge in [0.25, 0.3) is 5.56 Å². The normalized spacial score (nSPS) is 21.7. The Balaban J connectivity index is 1.53. The monoisotopic (exact) mass is 502 g/mol. The van der Waals surface area contributed by atoms with Gasteiger partial charge >= 0.3 is 5.69 Å². The van der Waals surface area contributed by atoms with Crippen molar-refractivity contribution in [2.45, 2.75) is 37.1 Å². The molecule has 0 spiro atoms. The summed E-state index contributed by atoms with van der Waals surface area (Å²) in [5.74, 6) is 0. The highest BCUT2D eigenvalue weighted by Crippen LogP contribution is 2.41. The molecule has 0 bridgehead atoms. The minimum Gasteiger partial charge on any atom is -0.387 e. The van der Waals surface area contributed by atoms with E-state index in [1.165, 1.54) is 13.1 Å². The largest absolute Gasteiger partial charge is 0.387 e. The molecule has 1 saturated heterocycles. The topological polar surface area (TPSA) is 93.6 Å². The maximum atomic E-state index is 15.2. The van der Waals surface area contributed by atoms with Crippen molar-refractivity contribution in [3.8, 4) is 0 Å². The number of rotatable bonds is 7. The van der Waals surface area contributed by atoms with Gasteiger partial charge in [-0.2, -0.15) is 0 Å². The molecule has 0 aliphatic carbocycles. The molecule has 1 aliphatic rings. The predicted octanol–water partition coefficient (Wildman–Crippen LogP) is 3.45. The van der Waals surface area contributed by atoms with Gasteiger partial charge in [0.2, 0.25) is 0 Å². The van der Waals surface area contributed by atoms with Crippen molar-refractivity contribution < 1.29 is 19.0 Å². The predicted molar refractivity (Wildman–Crippen MR) is 136 cm³/mol. The average Bonchev–Trinajstić information content (AvgIpc) is 3.21. The van der Waals surface area contributed by atoms with E-state index in [2.05, 4.69) is 4.98 Å². The molecule has 1 aliphatic heterocycles. The zero-order chi connectivity index (χ0) is 26.0. The van der Waals surface area contributed by atoms with E-state index in [9.17, 15) is 14.7 Å². The van der Waals surface area contributed by atoms with Crippen LogP contribution in [0, 0.1) is 6.92 Å². The number of H-pyrrole nitrogens is 1. The number of nitrogens with one attached hydrogen (secondary N) is 1. The van der Waals surface area contributed by atoms with Gasteiger partial charge in [0.05, 0.1) is 6.61 Å². The number of aliphatic hydroxyl groups excluding tert-OH is 1. The van der Waals surface area contributed by atoms with Crippen molar-refractivity contribution in [1.29, 1.82) is 0 Å². The summed E-state index contributed by atoms with van der Waals surface area (Å²) in [6, 6.07) is 29.0. The first-order valence-corrected chi connectivity index (χ1v) is 12.0. The van der Waals surface area contributed by atoms with Crippen LogP contribution < -0.4 is 11.2 Å². The van der Waals surface area contributed by atoms with Gasteiger partial charge in [-0.3, -0.25) is 14.3 Å². The quantitative estimate of drug-likeness (QED) is 0.378. The molecule has 2 N–H and O–H groups in total. The molecule has 3 aromatic carbocycles. The summed E-state index contributed by atoms with van der Waals surface area (Å²) in [6.45, 7) is 1.33. The van der Waals surface area contributed by atoms with E-state index in [0.717, 1.165) is 21.3 Å². The lowest BCUT2D eigenvalue weighted by Gasteiger charge is -2.37. The van der Waals surface area contributed by atoms with Crippen molar-refractivity contribution in [3.63, 3.8) is 0 Å². The second-order valence-electron chi connectivity index (χ2n) is 9.07. The third kappa shape index (κ3) is 4.55. The molecule has 4 atom stereocenters. The number of benzene rings is 3. The van der Waals surface area contributed by atoms with Crippen LogP contribution in [0.1, 0.15) is 28.5 Å². The first-order chi connectivity index (χ1) is 17.9. The Morgan fingerprint density at radius 3 is 1.89 bits per heavy atom. The molecule has 190 valence electrons. The van der Waals surface area contributed by atoms with Crippen molar-refractivity contribution >= 4 is 0 Å². The number of hydrogen-bond donors (Lipinski definition) is 2. The van der Waals surface area contributed by atoms with Crippen LogP contribution in [-0.2, 0) is 15.1 Å². The molecule has 7 nitrogen and oxygen atoms in total. The first kappa shape index (κ1) is 24.8. The van der Waals surface area contributed by atoms with Gasteiger partial charge in [-0.25, -0.2) is 9.18 Å². The van der Waals surface area contributed by atoms with Crippen LogP contribution in [0.3, 0.4) is 0 Å². The molecule has 0 unspecified atom stereocenters. The minimum absolute atomic E-state index is 0.173. The summed E-state index contributed by atoms with van der Waals surface area (Å²) >= 11 is 0. The average molecular weight is 503 g/mol. The number of hydrogen-bond acceptors (Lipinski definition) is 5. The van der Waals surface area contributed by atoms with Gasteiger partial charge in [-0.05, 0) is 23.6 Å². The van der Waals surface area contributed by atoms with Crippen LogP contribution >= 0.6 is 0 Å². The number of aromatic nitrogens is 2. The van der Waals surface area contributed by atoms with E-state index in [-0.39, 0.29) is 12.2 Å². The van der Waals surface area contributed by atoms with Gasteiger partial charge in [0.1, 0.15) is 17.8 Å². The van der Waals surface area contributed by atoms with Crippen LogP contribution in [0.2, 0.25) is 0 Å². The standard InChI is InChI=1S/C29H27FN2O5/c1-19-17-32(28(35)31-26(19)34)27-24(30)25(33)23(37-27)18-36-29(20-11-5-2-6-12-20,21-13-7-3-8-14-21)22-15-9-4-10-16-22/h2-17,23-25,27,33H,18H2,1H3,(H,31,34,35)/t23-,24-,25+,27-/m1/s1. The van der Waals surface area contributed by atoms with Crippen LogP contribution in [0.4, 0.5) is 4.39 Å². The summed E-state index contributed by atoms with van der Waals surface area (Å²) in [4.78, 5) is 26.3. The lowest BCUT2D eigenvalue weighted by molar-refractivity contribution is -0.0950. The molecule has 1 aromatic heterocycles. The van der Waals surface area contributed by atoms with Crippen LogP contribution in [0.15, 0.2) is 107 Å². The fourth-order valence-electron chi connectivity index (χ4n) is 4.82. The molecule has 0 saturated carbocycles. The van der Waals surface area contributed by atoms with E-state index >= 15 is 4.39 Å². The zero-order valence-corrected chi connectivity index (χ0v) is 20.2. The third-order valence-corrected chi connectivity index (χ3v) is 6.72. The molecule has 2 heterocycles. The number of nitrogens with zero attached hydrogens (tertiary/aromatic N) is 1. The molecule has 4 aromatic rings.